The number of pyridine rings is 1. The first-order chi connectivity index (χ1) is 7.36. The highest BCUT2D eigenvalue weighted by Crippen LogP contribution is 2.39. The van der Waals surface area contributed by atoms with Crippen molar-refractivity contribution in [1.29, 1.82) is 0 Å². The average Bonchev–Trinajstić information content (AvgIpc) is 3.11. The molecule has 1 aliphatic carbocycles. The van der Waals surface area contributed by atoms with E-state index in [1.807, 2.05) is 19.3 Å². The molecule has 1 aliphatic rings. The summed E-state index contributed by atoms with van der Waals surface area (Å²) in [5, 5.41) is 3.33. The number of hydrogen-bond donors (Lipinski definition) is 1. The lowest BCUT2D eigenvalue weighted by atomic mass is 10.00. The minimum atomic E-state index is 0.260. The molecule has 0 saturated heterocycles. The van der Waals surface area contributed by atoms with Crippen LogP contribution in [0, 0.1) is 5.92 Å². The molecule has 3 nitrogen and oxygen atoms in total. The molecule has 82 valence electrons. The van der Waals surface area contributed by atoms with Gasteiger partial charge in [0, 0.05) is 19.5 Å². The summed E-state index contributed by atoms with van der Waals surface area (Å²) in [6, 6.07) is 4.33. The Kier molecular flexibility index (Phi) is 3.34. The van der Waals surface area contributed by atoms with Crippen LogP contribution >= 0.6 is 0 Å². The second kappa shape index (κ2) is 4.73. The van der Waals surface area contributed by atoms with Crippen LogP contribution < -0.4 is 5.32 Å². The highest BCUT2D eigenvalue weighted by molar-refractivity contribution is 5.16. The predicted molar refractivity (Wildman–Crippen MR) is 59.6 cm³/mol. The van der Waals surface area contributed by atoms with E-state index in [1.165, 1.54) is 18.4 Å². The zero-order valence-electron chi connectivity index (χ0n) is 9.31. The summed E-state index contributed by atoms with van der Waals surface area (Å²) in [7, 11) is 3.77. The minimum absolute atomic E-state index is 0.260. The number of nitrogens with zero attached hydrogens (tertiary/aromatic N) is 1. The van der Waals surface area contributed by atoms with E-state index in [2.05, 4.69) is 16.4 Å². The maximum absolute atomic E-state index is 5.59. The molecule has 1 aromatic rings. The molecular formula is C12H18N2O. The molecule has 2 atom stereocenters. The molecule has 15 heavy (non-hydrogen) atoms. The second-order valence-electron chi connectivity index (χ2n) is 4.09. The number of nitrogens with one attached hydrogen (secondary N) is 1. The monoisotopic (exact) mass is 206 g/mol. The first-order valence-electron chi connectivity index (χ1n) is 5.46. The summed E-state index contributed by atoms with van der Waals surface area (Å²) in [6.45, 7) is 0. The molecule has 0 bridgehead atoms. The lowest BCUT2D eigenvalue weighted by Crippen LogP contribution is -2.32. The van der Waals surface area contributed by atoms with Gasteiger partial charge in [-0.05, 0) is 37.4 Å². The van der Waals surface area contributed by atoms with Gasteiger partial charge in [0.05, 0.1) is 12.1 Å². The Balaban J connectivity index is 2.15. The summed E-state index contributed by atoms with van der Waals surface area (Å²) in [5.41, 5.74) is 1.21. The van der Waals surface area contributed by atoms with Gasteiger partial charge in [-0.1, -0.05) is 6.07 Å². The normalized spacial score (nSPS) is 19.9. The Hall–Kier alpha value is -0.930. The summed E-state index contributed by atoms with van der Waals surface area (Å²) >= 11 is 0. The number of likely N-dealkylation sites (N-methyl/N-ethyl adjacent to an activating group) is 1. The smallest absolute Gasteiger partial charge is 0.0794 e. The van der Waals surface area contributed by atoms with Gasteiger partial charge in [0.15, 0.2) is 0 Å². The van der Waals surface area contributed by atoms with Gasteiger partial charge < -0.3 is 10.1 Å². The average molecular weight is 206 g/mol. The molecule has 0 aliphatic heterocycles. The number of ether oxygens (including phenoxy) is 1. The van der Waals surface area contributed by atoms with E-state index >= 15 is 0 Å². The van der Waals surface area contributed by atoms with E-state index in [0.29, 0.717) is 5.92 Å². The molecule has 2 unspecified atom stereocenters. The van der Waals surface area contributed by atoms with Crippen LogP contribution in [0.5, 0.6) is 0 Å². The van der Waals surface area contributed by atoms with Crippen molar-refractivity contribution in [3.8, 4) is 0 Å². The van der Waals surface area contributed by atoms with E-state index in [0.717, 1.165) is 0 Å². The molecule has 1 saturated carbocycles. The molecule has 0 amide bonds. The Labute approximate surface area is 90.9 Å². The van der Waals surface area contributed by atoms with Gasteiger partial charge in [-0.25, -0.2) is 0 Å². The standard InChI is InChI=1S/C12H18N2O/c1-13-11(10-4-3-7-14-8-10)12(15-2)9-5-6-9/h3-4,7-9,11-13H,5-6H2,1-2H3. The van der Waals surface area contributed by atoms with E-state index < -0.39 is 0 Å². The molecule has 0 radical (unpaired) electrons. The third-order valence-corrected chi connectivity index (χ3v) is 3.04. The van der Waals surface area contributed by atoms with Gasteiger partial charge in [-0.2, -0.15) is 0 Å². The predicted octanol–water partition coefficient (Wildman–Crippen LogP) is 1.77. The number of hydrogen-bond acceptors (Lipinski definition) is 3. The van der Waals surface area contributed by atoms with E-state index in [4.69, 9.17) is 4.74 Å². The highest BCUT2D eigenvalue weighted by Gasteiger charge is 2.36. The molecule has 1 N–H and O–H groups in total. The Morgan fingerprint density at radius 3 is 2.80 bits per heavy atom. The maximum Gasteiger partial charge on any atom is 0.0794 e. The summed E-state index contributed by atoms with van der Waals surface area (Å²) in [6.07, 6.45) is 6.57. The van der Waals surface area contributed by atoms with Crippen molar-refractivity contribution in [1.82, 2.24) is 10.3 Å². The molecular weight excluding hydrogens is 188 g/mol. The van der Waals surface area contributed by atoms with Crippen LogP contribution in [-0.4, -0.2) is 25.2 Å². The third-order valence-electron chi connectivity index (χ3n) is 3.04. The van der Waals surface area contributed by atoms with Crippen molar-refractivity contribution in [2.24, 2.45) is 5.92 Å². The van der Waals surface area contributed by atoms with Crippen LogP contribution in [0.4, 0.5) is 0 Å². The lowest BCUT2D eigenvalue weighted by molar-refractivity contribution is 0.0529. The molecule has 1 heterocycles. The van der Waals surface area contributed by atoms with Crippen molar-refractivity contribution < 1.29 is 4.74 Å². The first kappa shape index (κ1) is 10.6. The first-order valence-corrected chi connectivity index (χ1v) is 5.46. The van der Waals surface area contributed by atoms with E-state index in [9.17, 15) is 0 Å². The Morgan fingerprint density at radius 1 is 1.53 bits per heavy atom. The molecule has 1 fully saturated rings. The Morgan fingerprint density at radius 2 is 2.33 bits per heavy atom. The van der Waals surface area contributed by atoms with Crippen LogP contribution in [0.15, 0.2) is 24.5 Å². The van der Waals surface area contributed by atoms with Crippen LogP contribution in [-0.2, 0) is 4.74 Å². The van der Waals surface area contributed by atoms with Crippen molar-refractivity contribution >= 4 is 0 Å². The van der Waals surface area contributed by atoms with Crippen molar-refractivity contribution in [3.05, 3.63) is 30.1 Å². The molecule has 0 spiro atoms. The van der Waals surface area contributed by atoms with Crippen LogP contribution in [0.1, 0.15) is 24.4 Å². The number of rotatable bonds is 5. The minimum Gasteiger partial charge on any atom is -0.379 e. The van der Waals surface area contributed by atoms with Gasteiger partial charge in [-0.15, -0.1) is 0 Å². The summed E-state index contributed by atoms with van der Waals surface area (Å²) < 4.78 is 5.59. The molecule has 2 rings (SSSR count). The molecule has 3 heteroatoms. The van der Waals surface area contributed by atoms with Crippen molar-refractivity contribution in [2.45, 2.75) is 25.0 Å². The number of methoxy groups -OCH3 is 1. The summed E-state index contributed by atoms with van der Waals surface area (Å²) in [5.74, 6) is 0.715. The van der Waals surface area contributed by atoms with Gasteiger partial charge in [0.25, 0.3) is 0 Å². The Bertz CT molecular complexity index is 298. The third kappa shape index (κ3) is 2.36. The quantitative estimate of drug-likeness (QED) is 0.797. The van der Waals surface area contributed by atoms with Crippen LogP contribution in [0.3, 0.4) is 0 Å². The van der Waals surface area contributed by atoms with Crippen LogP contribution in [0.25, 0.3) is 0 Å². The van der Waals surface area contributed by atoms with E-state index in [1.54, 1.807) is 13.3 Å². The largest absolute Gasteiger partial charge is 0.379 e. The van der Waals surface area contributed by atoms with Crippen molar-refractivity contribution in [2.75, 3.05) is 14.2 Å². The zero-order chi connectivity index (χ0) is 10.7. The fourth-order valence-corrected chi connectivity index (χ4v) is 2.11. The van der Waals surface area contributed by atoms with Gasteiger partial charge in [0.1, 0.15) is 0 Å². The SMILES string of the molecule is CNC(c1cccnc1)C(OC)C1CC1. The molecule has 0 aromatic carbocycles. The second-order valence-corrected chi connectivity index (χ2v) is 4.09. The van der Waals surface area contributed by atoms with Crippen LogP contribution in [0.2, 0.25) is 0 Å². The van der Waals surface area contributed by atoms with Gasteiger partial charge in [0.2, 0.25) is 0 Å². The van der Waals surface area contributed by atoms with Gasteiger partial charge >= 0.3 is 0 Å². The fraction of sp³-hybridized carbons (Fsp3) is 0.583. The maximum atomic E-state index is 5.59. The van der Waals surface area contributed by atoms with E-state index in [-0.39, 0.29) is 12.1 Å². The fourth-order valence-electron chi connectivity index (χ4n) is 2.11. The highest BCUT2D eigenvalue weighted by atomic mass is 16.5. The number of aromatic nitrogens is 1. The summed E-state index contributed by atoms with van der Waals surface area (Å²) in [4.78, 5) is 4.15. The lowest BCUT2D eigenvalue weighted by Gasteiger charge is -2.25. The van der Waals surface area contributed by atoms with Gasteiger partial charge in [-0.3, -0.25) is 4.98 Å². The topological polar surface area (TPSA) is 34.2 Å². The molecule has 1 aromatic heterocycles. The zero-order valence-corrected chi connectivity index (χ0v) is 9.31. The van der Waals surface area contributed by atoms with Crippen molar-refractivity contribution in [3.63, 3.8) is 0 Å².